The molecule has 0 radical (unpaired) electrons. The van der Waals surface area contributed by atoms with Crippen LogP contribution in [0.1, 0.15) is 5.56 Å². The number of esters is 1. The first-order valence-electron chi connectivity index (χ1n) is 6.61. The highest BCUT2D eigenvalue weighted by molar-refractivity contribution is 6.22. The Balaban J connectivity index is 2.45. The maximum atomic E-state index is 11.8. The van der Waals surface area contributed by atoms with Crippen molar-refractivity contribution in [2.75, 3.05) is 7.11 Å². The number of rotatable bonds is 3. The molecule has 0 amide bonds. The van der Waals surface area contributed by atoms with Gasteiger partial charge in [-0.3, -0.25) is 0 Å². The van der Waals surface area contributed by atoms with Crippen LogP contribution in [0.2, 0.25) is 0 Å². The molecule has 0 aliphatic rings. The van der Waals surface area contributed by atoms with E-state index in [0.717, 1.165) is 27.4 Å². The second kappa shape index (κ2) is 4.94. The van der Waals surface area contributed by atoms with Gasteiger partial charge in [0.25, 0.3) is 0 Å². The quantitative estimate of drug-likeness (QED) is 0.533. The first-order chi connectivity index (χ1) is 10.2. The first-order valence-corrected chi connectivity index (χ1v) is 6.61. The van der Waals surface area contributed by atoms with Gasteiger partial charge in [0.05, 0.1) is 23.7 Å². The number of methoxy groups -OCH3 is 1. The van der Waals surface area contributed by atoms with Gasteiger partial charge in [-0.2, -0.15) is 0 Å². The number of aromatic nitrogens is 1. The van der Waals surface area contributed by atoms with Gasteiger partial charge >= 0.3 is 5.97 Å². The van der Waals surface area contributed by atoms with E-state index in [1.54, 1.807) is 6.20 Å². The minimum absolute atomic E-state index is 0.342. The van der Waals surface area contributed by atoms with Gasteiger partial charge in [-0.15, -0.1) is 0 Å². The van der Waals surface area contributed by atoms with E-state index in [1.807, 2.05) is 41.0 Å². The molecule has 0 saturated carbocycles. The highest BCUT2D eigenvalue weighted by Crippen LogP contribution is 2.33. The van der Waals surface area contributed by atoms with E-state index in [1.165, 1.54) is 7.11 Å². The van der Waals surface area contributed by atoms with Gasteiger partial charge in [0.2, 0.25) is 0 Å². The van der Waals surface area contributed by atoms with Gasteiger partial charge in [-0.05, 0) is 6.07 Å². The maximum absolute atomic E-state index is 11.8. The van der Waals surface area contributed by atoms with Crippen LogP contribution in [0.3, 0.4) is 0 Å². The lowest BCUT2D eigenvalue weighted by molar-refractivity contribution is -0.133. The van der Waals surface area contributed by atoms with Crippen molar-refractivity contribution in [1.82, 2.24) is 4.57 Å². The summed E-state index contributed by atoms with van der Waals surface area (Å²) < 4.78 is 6.77. The molecule has 3 rings (SSSR count). The molecular formula is C18H15NO2. The second-order valence-corrected chi connectivity index (χ2v) is 4.74. The molecule has 3 nitrogen and oxygen atoms in total. The predicted octanol–water partition coefficient (Wildman–Crippen LogP) is 4.08. The lowest BCUT2D eigenvalue weighted by Crippen LogP contribution is -2.04. The number of para-hydroxylation sites is 2. The lowest BCUT2D eigenvalue weighted by Gasteiger charge is -2.08. The van der Waals surface area contributed by atoms with Crippen molar-refractivity contribution in [3.05, 3.63) is 61.2 Å². The van der Waals surface area contributed by atoms with E-state index in [4.69, 9.17) is 4.74 Å². The molecule has 1 heterocycles. The van der Waals surface area contributed by atoms with Crippen molar-refractivity contribution in [3.63, 3.8) is 0 Å². The topological polar surface area (TPSA) is 31.2 Å². The zero-order chi connectivity index (χ0) is 15.0. The van der Waals surface area contributed by atoms with Crippen molar-refractivity contribution >= 4 is 39.5 Å². The molecule has 0 atom stereocenters. The van der Waals surface area contributed by atoms with Gasteiger partial charge in [0, 0.05) is 22.5 Å². The van der Waals surface area contributed by atoms with Crippen molar-refractivity contribution in [2.24, 2.45) is 0 Å². The van der Waals surface area contributed by atoms with Crippen molar-refractivity contribution in [1.29, 1.82) is 0 Å². The van der Waals surface area contributed by atoms with Gasteiger partial charge in [-0.25, -0.2) is 4.79 Å². The summed E-state index contributed by atoms with van der Waals surface area (Å²) in [5.41, 5.74) is 3.07. The van der Waals surface area contributed by atoms with Crippen LogP contribution in [0.25, 0.3) is 33.6 Å². The largest absolute Gasteiger partial charge is 0.465 e. The zero-order valence-corrected chi connectivity index (χ0v) is 11.8. The average molecular weight is 277 g/mol. The Kier molecular flexibility index (Phi) is 3.10. The SMILES string of the molecule is C=Cn1c2ccccc2c2cccc(C(=C)C(=O)OC)c21. The Morgan fingerprint density at radius 2 is 1.86 bits per heavy atom. The molecule has 0 aliphatic heterocycles. The van der Waals surface area contributed by atoms with Crippen LogP contribution in [-0.2, 0) is 9.53 Å². The smallest absolute Gasteiger partial charge is 0.337 e. The Hall–Kier alpha value is -2.81. The summed E-state index contributed by atoms with van der Waals surface area (Å²) in [7, 11) is 1.36. The molecule has 0 bridgehead atoms. The van der Waals surface area contributed by atoms with Gasteiger partial charge in [0.1, 0.15) is 0 Å². The summed E-state index contributed by atoms with van der Waals surface area (Å²) in [6.45, 7) is 7.76. The minimum atomic E-state index is -0.427. The number of carbonyl (C=O) groups is 1. The normalized spacial score (nSPS) is 10.7. The monoisotopic (exact) mass is 277 g/mol. The third-order valence-corrected chi connectivity index (χ3v) is 3.67. The highest BCUT2D eigenvalue weighted by Gasteiger charge is 2.17. The molecule has 0 saturated heterocycles. The van der Waals surface area contributed by atoms with E-state index in [9.17, 15) is 4.79 Å². The summed E-state index contributed by atoms with van der Waals surface area (Å²) in [6.07, 6.45) is 1.75. The van der Waals surface area contributed by atoms with Crippen LogP contribution >= 0.6 is 0 Å². The third kappa shape index (κ3) is 1.86. The Morgan fingerprint density at radius 3 is 2.57 bits per heavy atom. The van der Waals surface area contributed by atoms with Crippen LogP contribution in [0.4, 0.5) is 0 Å². The molecule has 0 unspecified atom stereocenters. The predicted molar refractivity (Wildman–Crippen MR) is 86.9 cm³/mol. The van der Waals surface area contributed by atoms with Crippen LogP contribution in [0, 0.1) is 0 Å². The van der Waals surface area contributed by atoms with E-state index in [2.05, 4.69) is 19.2 Å². The van der Waals surface area contributed by atoms with E-state index in [0.29, 0.717) is 5.57 Å². The fraction of sp³-hybridized carbons (Fsp3) is 0.0556. The molecule has 21 heavy (non-hydrogen) atoms. The number of ether oxygens (including phenoxy) is 1. The Labute approximate surface area is 122 Å². The molecule has 2 aromatic carbocycles. The number of hydrogen-bond donors (Lipinski definition) is 0. The highest BCUT2D eigenvalue weighted by atomic mass is 16.5. The summed E-state index contributed by atoms with van der Waals surface area (Å²) in [4.78, 5) is 11.8. The van der Waals surface area contributed by atoms with E-state index >= 15 is 0 Å². The number of nitrogens with zero attached hydrogens (tertiary/aromatic N) is 1. The lowest BCUT2D eigenvalue weighted by atomic mass is 10.0. The molecule has 0 N–H and O–H groups in total. The number of benzene rings is 2. The number of carbonyl (C=O) groups excluding carboxylic acids is 1. The Morgan fingerprint density at radius 1 is 1.14 bits per heavy atom. The standard InChI is InChI=1S/C18H15NO2/c1-4-19-16-11-6-5-8-14(16)15-10-7-9-13(17(15)19)12(2)18(20)21-3/h4-11H,1-2H2,3H3. The summed E-state index contributed by atoms with van der Waals surface area (Å²) in [6, 6.07) is 13.9. The molecule has 1 aromatic heterocycles. The summed E-state index contributed by atoms with van der Waals surface area (Å²) >= 11 is 0. The maximum Gasteiger partial charge on any atom is 0.337 e. The summed E-state index contributed by atoms with van der Waals surface area (Å²) in [5, 5.41) is 2.18. The fourth-order valence-corrected chi connectivity index (χ4v) is 2.72. The second-order valence-electron chi connectivity index (χ2n) is 4.74. The molecule has 3 aromatic rings. The summed E-state index contributed by atoms with van der Waals surface area (Å²) in [5.74, 6) is -0.427. The third-order valence-electron chi connectivity index (χ3n) is 3.67. The van der Waals surface area contributed by atoms with E-state index < -0.39 is 5.97 Å². The van der Waals surface area contributed by atoms with Crippen LogP contribution in [-0.4, -0.2) is 17.6 Å². The molecule has 0 fully saturated rings. The van der Waals surface area contributed by atoms with Crippen LogP contribution in [0.15, 0.2) is 55.6 Å². The van der Waals surface area contributed by atoms with Crippen molar-refractivity contribution < 1.29 is 9.53 Å². The molecular weight excluding hydrogens is 262 g/mol. The van der Waals surface area contributed by atoms with Gasteiger partial charge < -0.3 is 9.30 Å². The van der Waals surface area contributed by atoms with Gasteiger partial charge in [-0.1, -0.05) is 49.6 Å². The van der Waals surface area contributed by atoms with Crippen molar-refractivity contribution in [2.45, 2.75) is 0 Å². The number of hydrogen-bond acceptors (Lipinski definition) is 2. The van der Waals surface area contributed by atoms with Crippen LogP contribution < -0.4 is 0 Å². The molecule has 3 heteroatoms. The number of fused-ring (bicyclic) bond motifs is 3. The molecule has 104 valence electrons. The molecule has 0 spiro atoms. The zero-order valence-electron chi connectivity index (χ0n) is 11.8. The Bertz CT molecular complexity index is 887. The van der Waals surface area contributed by atoms with Gasteiger partial charge in [0.15, 0.2) is 0 Å². The van der Waals surface area contributed by atoms with Crippen LogP contribution in [0.5, 0.6) is 0 Å². The first kappa shape index (κ1) is 13.2. The average Bonchev–Trinajstić information content (AvgIpc) is 2.87. The fourth-order valence-electron chi connectivity index (χ4n) is 2.72. The van der Waals surface area contributed by atoms with Crippen molar-refractivity contribution in [3.8, 4) is 0 Å². The van der Waals surface area contributed by atoms with E-state index in [-0.39, 0.29) is 0 Å². The molecule has 0 aliphatic carbocycles. The minimum Gasteiger partial charge on any atom is -0.465 e.